The molecule has 0 bridgehead atoms. The van der Waals surface area contributed by atoms with Crippen LogP contribution in [0.15, 0.2) is 35.5 Å². The molecule has 27 heavy (non-hydrogen) atoms. The molecule has 0 saturated carbocycles. The van der Waals surface area contributed by atoms with Crippen LogP contribution in [0.2, 0.25) is 0 Å². The van der Waals surface area contributed by atoms with Gasteiger partial charge < -0.3 is 15.4 Å². The first-order valence-electron chi connectivity index (χ1n) is 8.04. The van der Waals surface area contributed by atoms with Crippen molar-refractivity contribution in [2.24, 2.45) is 4.99 Å². The van der Waals surface area contributed by atoms with Crippen LogP contribution in [0.3, 0.4) is 0 Å². The average molecular weight is 514 g/mol. The average Bonchev–Trinajstić information content (AvgIpc) is 3.02. The number of nitrogens with one attached hydrogen (secondary N) is 2. The molecule has 5 nitrogen and oxygen atoms in total. The highest BCUT2D eigenvalue weighted by atomic mass is 127. The number of halogens is 4. The minimum absolute atomic E-state index is 0. The van der Waals surface area contributed by atoms with Gasteiger partial charge in [0.05, 0.1) is 17.1 Å². The summed E-state index contributed by atoms with van der Waals surface area (Å²) >= 11 is 1.67. The van der Waals surface area contributed by atoms with Crippen molar-refractivity contribution in [3.8, 4) is 5.75 Å². The quantitative estimate of drug-likeness (QED) is 0.255. The summed E-state index contributed by atoms with van der Waals surface area (Å²) in [5.74, 6) is 1.02. The van der Waals surface area contributed by atoms with Gasteiger partial charge in [-0.1, -0.05) is 0 Å². The van der Waals surface area contributed by atoms with Gasteiger partial charge in [-0.3, -0.25) is 4.99 Å². The fourth-order valence-electron chi connectivity index (χ4n) is 2.10. The molecule has 10 heteroatoms. The number of ether oxygens (including phenoxy) is 1. The van der Waals surface area contributed by atoms with Gasteiger partial charge in [0.1, 0.15) is 12.4 Å². The van der Waals surface area contributed by atoms with Gasteiger partial charge in [0, 0.05) is 31.1 Å². The Balaban J connectivity index is 0.00000364. The highest BCUT2D eigenvalue weighted by Gasteiger charge is 2.29. The van der Waals surface area contributed by atoms with Crippen LogP contribution in [0.5, 0.6) is 5.75 Å². The van der Waals surface area contributed by atoms with Gasteiger partial charge in [0.15, 0.2) is 5.96 Å². The smallest absolute Gasteiger partial charge is 0.416 e. The molecule has 0 fully saturated rings. The first-order valence-corrected chi connectivity index (χ1v) is 8.86. The van der Waals surface area contributed by atoms with E-state index in [2.05, 4.69) is 20.6 Å². The molecule has 0 atom stereocenters. The predicted molar refractivity (Wildman–Crippen MR) is 112 cm³/mol. The first kappa shape index (κ1) is 23.5. The van der Waals surface area contributed by atoms with E-state index in [1.165, 1.54) is 17.0 Å². The molecular weight excluding hydrogens is 492 g/mol. The Morgan fingerprint density at radius 1 is 1.19 bits per heavy atom. The molecule has 0 unspecified atom stereocenters. The van der Waals surface area contributed by atoms with E-state index in [0.29, 0.717) is 31.4 Å². The van der Waals surface area contributed by atoms with Crippen LogP contribution in [0, 0.1) is 6.92 Å². The second-order valence-corrected chi connectivity index (χ2v) is 6.73. The van der Waals surface area contributed by atoms with Crippen LogP contribution in [-0.4, -0.2) is 37.7 Å². The number of alkyl halides is 3. The largest absolute Gasteiger partial charge is 0.492 e. The van der Waals surface area contributed by atoms with Crippen molar-refractivity contribution in [3.63, 3.8) is 0 Å². The van der Waals surface area contributed by atoms with E-state index < -0.39 is 11.7 Å². The number of rotatable bonds is 7. The molecule has 0 aliphatic rings. The lowest BCUT2D eigenvalue weighted by molar-refractivity contribution is -0.137. The predicted octanol–water partition coefficient (Wildman–Crippen LogP) is 3.87. The van der Waals surface area contributed by atoms with Crippen molar-refractivity contribution >= 4 is 41.3 Å². The fraction of sp³-hybridized carbons (Fsp3) is 0.412. The Morgan fingerprint density at radius 3 is 2.41 bits per heavy atom. The van der Waals surface area contributed by atoms with Crippen LogP contribution < -0.4 is 15.4 Å². The second kappa shape index (κ2) is 11.3. The molecule has 0 radical (unpaired) electrons. The third-order valence-electron chi connectivity index (χ3n) is 3.37. The fourth-order valence-corrected chi connectivity index (χ4v) is 2.89. The summed E-state index contributed by atoms with van der Waals surface area (Å²) < 4.78 is 42.9. The van der Waals surface area contributed by atoms with Crippen molar-refractivity contribution < 1.29 is 17.9 Å². The minimum Gasteiger partial charge on any atom is -0.492 e. The molecule has 2 rings (SSSR count). The molecule has 0 aliphatic heterocycles. The molecule has 1 heterocycles. The van der Waals surface area contributed by atoms with E-state index in [1.807, 2.05) is 13.1 Å². The van der Waals surface area contributed by atoms with Gasteiger partial charge in [-0.2, -0.15) is 13.2 Å². The Kier molecular flexibility index (Phi) is 9.84. The molecule has 0 aliphatic carbocycles. The molecule has 150 valence electrons. The summed E-state index contributed by atoms with van der Waals surface area (Å²) in [6.45, 7) is 3.49. The highest BCUT2D eigenvalue weighted by Crippen LogP contribution is 2.30. The van der Waals surface area contributed by atoms with E-state index >= 15 is 0 Å². The van der Waals surface area contributed by atoms with Crippen molar-refractivity contribution in [3.05, 3.63) is 45.9 Å². The lowest BCUT2D eigenvalue weighted by Crippen LogP contribution is -2.40. The molecule has 2 aromatic rings. The Morgan fingerprint density at radius 2 is 1.85 bits per heavy atom. The van der Waals surface area contributed by atoms with Gasteiger partial charge in [0.25, 0.3) is 0 Å². The zero-order valence-corrected chi connectivity index (χ0v) is 18.1. The van der Waals surface area contributed by atoms with Crippen LogP contribution in [0.25, 0.3) is 0 Å². The number of guanidine groups is 1. The first-order chi connectivity index (χ1) is 12.4. The van der Waals surface area contributed by atoms with Gasteiger partial charge >= 0.3 is 6.18 Å². The standard InChI is InChI=1S/C17H21F3N4OS.HI/c1-12-11-24-15(26-12)7-8-22-16(21-2)23-9-10-25-14-5-3-13(4-6-14)17(18,19)20;/h3-6,11H,7-10H2,1-2H3,(H2,21,22,23);1H. The zero-order chi connectivity index (χ0) is 19.0. The van der Waals surface area contributed by atoms with Gasteiger partial charge in [-0.25, -0.2) is 4.98 Å². The van der Waals surface area contributed by atoms with E-state index in [0.717, 1.165) is 23.6 Å². The number of hydrogen-bond acceptors (Lipinski definition) is 4. The van der Waals surface area contributed by atoms with Crippen LogP contribution in [0.4, 0.5) is 13.2 Å². The van der Waals surface area contributed by atoms with Crippen molar-refractivity contribution in [1.82, 2.24) is 15.6 Å². The SMILES string of the molecule is CN=C(NCCOc1ccc(C(F)(F)F)cc1)NCCc1ncc(C)s1.I. The van der Waals surface area contributed by atoms with Gasteiger partial charge in [-0.05, 0) is 31.2 Å². The maximum Gasteiger partial charge on any atom is 0.416 e. The van der Waals surface area contributed by atoms with Gasteiger partial charge in [-0.15, -0.1) is 35.3 Å². The topological polar surface area (TPSA) is 58.5 Å². The molecule has 0 amide bonds. The Bertz CT molecular complexity index is 720. The molecule has 0 saturated heterocycles. The monoisotopic (exact) mass is 514 g/mol. The summed E-state index contributed by atoms with van der Waals surface area (Å²) in [6.07, 6.45) is -1.68. The van der Waals surface area contributed by atoms with Crippen LogP contribution in [0.1, 0.15) is 15.4 Å². The third kappa shape index (κ3) is 8.33. The number of benzene rings is 1. The third-order valence-corrected chi connectivity index (χ3v) is 4.34. The Labute approximate surface area is 177 Å². The normalized spacial score (nSPS) is 11.7. The Hall–Kier alpha value is -1.56. The molecular formula is C17H22F3IN4OS. The van der Waals surface area contributed by atoms with Crippen LogP contribution >= 0.6 is 35.3 Å². The van der Waals surface area contributed by atoms with Crippen molar-refractivity contribution in [2.75, 3.05) is 26.7 Å². The summed E-state index contributed by atoms with van der Waals surface area (Å²) in [5.41, 5.74) is -0.692. The summed E-state index contributed by atoms with van der Waals surface area (Å²) in [7, 11) is 1.67. The van der Waals surface area contributed by atoms with E-state index in [1.54, 1.807) is 18.4 Å². The summed E-state index contributed by atoms with van der Waals surface area (Å²) in [6, 6.07) is 4.63. The molecule has 1 aromatic carbocycles. The zero-order valence-electron chi connectivity index (χ0n) is 15.0. The highest BCUT2D eigenvalue weighted by molar-refractivity contribution is 14.0. The maximum atomic E-state index is 12.5. The number of aryl methyl sites for hydroxylation is 1. The van der Waals surface area contributed by atoms with Crippen molar-refractivity contribution in [2.45, 2.75) is 19.5 Å². The number of thiazole rings is 1. The molecule has 0 spiro atoms. The van der Waals surface area contributed by atoms with E-state index in [-0.39, 0.29) is 24.0 Å². The van der Waals surface area contributed by atoms with Crippen LogP contribution in [-0.2, 0) is 12.6 Å². The van der Waals surface area contributed by atoms with E-state index in [4.69, 9.17) is 4.74 Å². The number of nitrogens with zero attached hydrogens (tertiary/aromatic N) is 2. The number of aromatic nitrogens is 1. The summed E-state index contributed by atoms with van der Waals surface area (Å²) in [4.78, 5) is 9.58. The number of aliphatic imine (C=N–C) groups is 1. The minimum atomic E-state index is -4.34. The van der Waals surface area contributed by atoms with Crippen molar-refractivity contribution in [1.29, 1.82) is 0 Å². The second-order valence-electron chi connectivity index (χ2n) is 5.41. The molecule has 2 N–H and O–H groups in total. The van der Waals surface area contributed by atoms with Gasteiger partial charge in [0.2, 0.25) is 0 Å². The number of hydrogen-bond donors (Lipinski definition) is 2. The lowest BCUT2D eigenvalue weighted by atomic mass is 10.2. The molecule has 1 aromatic heterocycles. The summed E-state index contributed by atoms with van der Waals surface area (Å²) in [5, 5.41) is 7.32. The van der Waals surface area contributed by atoms with E-state index in [9.17, 15) is 13.2 Å². The lowest BCUT2D eigenvalue weighted by Gasteiger charge is -2.12. The maximum absolute atomic E-state index is 12.5.